The Kier molecular flexibility index (Phi) is 11.2. The molecular weight excluding hydrogens is 425 g/mol. The van der Waals surface area contributed by atoms with Gasteiger partial charge in [0.1, 0.15) is 9.84 Å². The van der Waals surface area contributed by atoms with Crippen molar-refractivity contribution >= 4 is 39.8 Å². The van der Waals surface area contributed by atoms with Gasteiger partial charge in [0.05, 0.1) is 5.75 Å². The molecule has 0 aliphatic rings. The van der Waals surface area contributed by atoms with E-state index in [4.69, 9.17) is 0 Å². The van der Waals surface area contributed by atoms with Gasteiger partial charge in [0.2, 0.25) is 0 Å². The predicted octanol–water partition coefficient (Wildman–Crippen LogP) is 2.40. The molecule has 7 heteroatoms. The van der Waals surface area contributed by atoms with Crippen LogP contribution in [-0.4, -0.2) is 46.0 Å². The maximum Gasteiger partial charge on any atom is 0.191 e. The quantitative estimate of drug-likeness (QED) is 0.275. The molecule has 0 amide bonds. The fourth-order valence-electron chi connectivity index (χ4n) is 2.00. The molecule has 5 nitrogen and oxygen atoms in total. The summed E-state index contributed by atoms with van der Waals surface area (Å²) in [6.45, 7) is 6.21. The van der Waals surface area contributed by atoms with E-state index in [1.807, 2.05) is 25.1 Å². The molecule has 0 spiro atoms. The zero-order chi connectivity index (χ0) is 16.4. The molecule has 1 aromatic rings. The van der Waals surface area contributed by atoms with Crippen molar-refractivity contribution in [2.45, 2.75) is 26.2 Å². The van der Waals surface area contributed by atoms with E-state index in [-0.39, 0.29) is 29.7 Å². The van der Waals surface area contributed by atoms with Crippen LogP contribution in [0.25, 0.3) is 0 Å². The summed E-state index contributed by atoms with van der Waals surface area (Å²) in [5.41, 5.74) is 1.26. The van der Waals surface area contributed by atoms with Crippen LogP contribution in [0, 0.1) is 0 Å². The van der Waals surface area contributed by atoms with Gasteiger partial charge in [-0.15, -0.1) is 24.0 Å². The van der Waals surface area contributed by atoms with Crippen molar-refractivity contribution in [3.8, 4) is 0 Å². The average molecular weight is 453 g/mol. The van der Waals surface area contributed by atoms with Crippen LogP contribution in [0.5, 0.6) is 0 Å². The Balaban J connectivity index is 0.00000484. The molecule has 132 valence electrons. The number of hydrogen-bond acceptors (Lipinski definition) is 3. The van der Waals surface area contributed by atoms with Crippen molar-refractivity contribution in [1.82, 2.24) is 10.6 Å². The van der Waals surface area contributed by atoms with Gasteiger partial charge in [0.15, 0.2) is 5.96 Å². The number of hydrogen-bond donors (Lipinski definition) is 2. The van der Waals surface area contributed by atoms with E-state index in [9.17, 15) is 8.42 Å². The van der Waals surface area contributed by atoms with Gasteiger partial charge in [-0.2, -0.15) is 0 Å². The zero-order valence-electron chi connectivity index (χ0n) is 14.1. The molecule has 1 unspecified atom stereocenters. The van der Waals surface area contributed by atoms with E-state index in [1.165, 1.54) is 11.8 Å². The van der Waals surface area contributed by atoms with E-state index < -0.39 is 9.84 Å². The Morgan fingerprint density at radius 1 is 1.22 bits per heavy atom. The Hall–Kier alpha value is -0.830. The highest BCUT2D eigenvalue weighted by Gasteiger charge is 2.05. The minimum Gasteiger partial charge on any atom is -0.357 e. The summed E-state index contributed by atoms with van der Waals surface area (Å²) in [7, 11) is -2.90. The highest BCUT2D eigenvalue weighted by molar-refractivity contribution is 14.0. The van der Waals surface area contributed by atoms with Crippen LogP contribution in [0.4, 0.5) is 0 Å². The van der Waals surface area contributed by atoms with Gasteiger partial charge < -0.3 is 10.6 Å². The molecule has 0 saturated heterocycles. The highest BCUT2D eigenvalue weighted by Crippen LogP contribution is 2.14. The molecule has 0 aliphatic carbocycles. The fraction of sp³-hybridized carbons (Fsp3) is 0.562. The van der Waals surface area contributed by atoms with Crippen molar-refractivity contribution in [2.24, 2.45) is 4.99 Å². The first-order chi connectivity index (χ1) is 10.4. The van der Waals surface area contributed by atoms with Crippen LogP contribution in [0.3, 0.4) is 0 Å². The van der Waals surface area contributed by atoms with Crippen LogP contribution in [0.15, 0.2) is 35.3 Å². The third-order valence-corrected chi connectivity index (χ3v) is 4.25. The molecule has 0 fully saturated rings. The SMILES string of the molecule is CCNC(=NCC(C)c1ccccc1)NCCCS(C)(=O)=O.I. The molecule has 1 aromatic carbocycles. The number of nitrogens with one attached hydrogen (secondary N) is 2. The lowest BCUT2D eigenvalue weighted by Crippen LogP contribution is -2.38. The highest BCUT2D eigenvalue weighted by atomic mass is 127. The van der Waals surface area contributed by atoms with Gasteiger partial charge in [0.25, 0.3) is 0 Å². The first-order valence-corrected chi connectivity index (χ1v) is 9.73. The Morgan fingerprint density at radius 2 is 1.87 bits per heavy atom. The molecular formula is C16H28IN3O2S. The largest absolute Gasteiger partial charge is 0.357 e. The smallest absolute Gasteiger partial charge is 0.191 e. The summed E-state index contributed by atoms with van der Waals surface area (Å²) in [5, 5.41) is 6.35. The minimum absolute atomic E-state index is 0. The number of rotatable bonds is 8. The fourth-order valence-corrected chi connectivity index (χ4v) is 2.67. The summed E-state index contributed by atoms with van der Waals surface area (Å²) in [5.74, 6) is 1.27. The predicted molar refractivity (Wildman–Crippen MR) is 109 cm³/mol. The zero-order valence-corrected chi connectivity index (χ0v) is 17.2. The van der Waals surface area contributed by atoms with Crippen LogP contribution in [0.1, 0.15) is 31.7 Å². The second-order valence-electron chi connectivity index (χ2n) is 5.44. The first-order valence-electron chi connectivity index (χ1n) is 7.67. The molecule has 0 aliphatic heterocycles. The minimum atomic E-state index is -2.90. The van der Waals surface area contributed by atoms with Gasteiger partial charge in [-0.25, -0.2) is 8.42 Å². The van der Waals surface area contributed by atoms with Crippen LogP contribution < -0.4 is 10.6 Å². The summed E-state index contributed by atoms with van der Waals surface area (Å²) < 4.78 is 22.2. The summed E-state index contributed by atoms with van der Waals surface area (Å²) in [6.07, 6.45) is 1.84. The first kappa shape index (κ1) is 22.2. The maximum absolute atomic E-state index is 11.1. The molecule has 0 heterocycles. The lowest BCUT2D eigenvalue weighted by Gasteiger charge is -2.13. The third kappa shape index (κ3) is 10.5. The molecule has 0 radical (unpaired) electrons. The molecule has 1 atom stereocenters. The lowest BCUT2D eigenvalue weighted by atomic mass is 10.0. The lowest BCUT2D eigenvalue weighted by molar-refractivity contribution is 0.598. The van der Waals surface area contributed by atoms with Crippen molar-refractivity contribution in [2.75, 3.05) is 31.6 Å². The third-order valence-electron chi connectivity index (χ3n) is 3.22. The molecule has 23 heavy (non-hydrogen) atoms. The summed E-state index contributed by atoms with van der Waals surface area (Å²) >= 11 is 0. The van der Waals surface area contributed by atoms with Gasteiger partial charge in [0, 0.05) is 31.8 Å². The summed E-state index contributed by atoms with van der Waals surface area (Å²) in [6, 6.07) is 10.3. The van der Waals surface area contributed by atoms with Crippen molar-refractivity contribution in [3.63, 3.8) is 0 Å². The van der Waals surface area contributed by atoms with E-state index in [1.54, 1.807) is 0 Å². The van der Waals surface area contributed by atoms with Crippen molar-refractivity contribution in [3.05, 3.63) is 35.9 Å². The van der Waals surface area contributed by atoms with Gasteiger partial charge >= 0.3 is 0 Å². The number of guanidine groups is 1. The second kappa shape index (κ2) is 11.7. The number of benzene rings is 1. The second-order valence-corrected chi connectivity index (χ2v) is 7.70. The van der Waals surface area contributed by atoms with E-state index in [2.05, 4.69) is 34.7 Å². The summed E-state index contributed by atoms with van der Waals surface area (Å²) in [4.78, 5) is 4.57. The monoisotopic (exact) mass is 453 g/mol. The number of sulfone groups is 1. The standard InChI is InChI=1S/C16H27N3O2S.HI/c1-4-17-16(18-11-8-12-22(3,20)21)19-13-14(2)15-9-6-5-7-10-15;/h5-7,9-10,14H,4,8,11-13H2,1-3H3,(H2,17,18,19);1H. The number of nitrogens with zero attached hydrogens (tertiary/aromatic N) is 1. The molecule has 1 rings (SSSR count). The van der Waals surface area contributed by atoms with Gasteiger partial charge in [-0.3, -0.25) is 4.99 Å². The van der Waals surface area contributed by atoms with Crippen LogP contribution in [-0.2, 0) is 9.84 Å². The van der Waals surface area contributed by atoms with E-state index in [0.29, 0.717) is 25.4 Å². The van der Waals surface area contributed by atoms with Crippen molar-refractivity contribution in [1.29, 1.82) is 0 Å². The van der Waals surface area contributed by atoms with Crippen molar-refractivity contribution < 1.29 is 8.42 Å². The Bertz CT molecular complexity index is 562. The number of aliphatic imine (C=N–C) groups is 1. The van der Waals surface area contributed by atoms with Gasteiger partial charge in [-0.05, 0) is 18.9 Å². The van der Waals surface area contributed by atoms with E-state index >= 15 is 0 Å². The maximum atomic E-state index is 11.1. The Morgan fingerprint density at radius 3 is 2.43 bits per heavy atom. The topological polar surface area (TPSA) is 70.6 Å². The van der Waals surface area contributed by atoms with E-state index in [0.717, 1.165) is 12.5 Å². The van der Waals surface area contributed by atoms with Crippen LogP contribution >= 0.6 is 24.0 Å². The molecule has 2 N–H and O–H groups in total. The van der Waals surface area contributed by atoms with Gasteiger partial charge in [-0.1, -0.05) is 37.3 Å². The average Bonchev–Trinajstić information content (AvgIpc) is 2.48. The number of halogens is 1. The molecule has 0 saturated carbocycles. The molecule has 0 bridgehead atoms. The Labute approximate surface area is 157 Å². The normalized spacial score (nSPS) is 13.1. The molecule has 0 aromatic heterocycles. The van der Waals surface area contributed by atoms with Crippen LogP contribution in [0.2, 0.25) is 0 Å².